The van der Waals surface area contributed by atoms with Crippen LogP contribution in [0.4, 0.5) is 0 Å². The second-order valence-electron chi connectivity index (χ2n) is 3.49. The Morgan fingerprint density at radius 2 is 2.30 bits per heavy atom. The molecule has 1 aliphatic carbocycles. The molecule has 58 valence electrons. The third kappa shape index (κ3) is 1.08. The lowest BCUT2D eigenvalue weighted by molar-refractivity contribution is 0.287. The Bertz CT molecular complexity index is 131. The van der Waals surface area contributed by atoms with Gasteiger partial charge < -0.3 is 5.32 Å². The van der Waals surface area contributed by atoms with Crippen molar-refractivity contribution < 1.29 is 0 Å². The van der Waals surface area contributed by atoms with Gasteiger partial charge in [0.1, 0.15) is 0 Å². The van der Waals surface area contributed by atoms with Gasteiger partial charge in [0.25, 0.3) is 0 Å². The van der Waals surface area contributed by atoms with Crippen LogP contribution in [0.15, 0.2) is 0 Å². The summed E-state index contributed by atoms with van der Waals surface area (Å²) in [6.45, 7) is 3.60. The molecule has 10 heavy (non-hydrogen) atoms. The molecule has 0 aromatic heterocycles. The van der Waals surface area contributed by atoms with Crippen LogP contribution in [-0.4, -0.2) is 16.7 Å². The largest absolute Gasteiger partial charge is 0.303 e. The average molecular weight is 157 g/mol. The minimum atomic E-state index is 0.539. The fourth-order valence-electron chi connectivity index (χ4n) is 1.78. The zero-order chi connectivity index (χ0) is 7.03. The lowest BCUT2D eigenvalue weighted by atomic mass is 9.91. The first-order valence-electron chi connectivity index (χ1n) is 4.24. The smallest absolute Gasteiger partial charge is 0.0647 e. The van der Waals surface area contributed by atoms with E-state index in [1.54, 1.807) is 0 Å². The molecule has 2 rings (SSSR count). The van der Waals surface area contributed by atoms with Crippen molar-refractivity contribution in [1.29, 1.82) is 0 Å². The summed E-state index contributed by atoms with van der Waals surface area (Å²) in [5.74, 6) is 0. The maximum Gasteiger partial charge on any atom is 0.0647 e. The van der Waals surface area contributed by atoms with Gasteiger partial charge >= 0.3 is 0 Å². The summed E-state index contributed by atoms with van der Waals surface area (Å²) in [6, 6.07) is 0. The SMILES string of the molecule is CC1CCNC2(CCC2)S1. The molecule has 1 saturated carbocycles. The maximum atomic E-state index is 3.63. The standard InChI is InChI=1S/C8H15NS/c1-7-3-6-9-8(10-7)4-2-5-8/h7,9H,2-6H2,1H3. The molecule has 0 aromatic rings. The van der Waals surface area contributed by atoms with Crippen molar-refractivity contribution in [2.24, 2.45) is 0 Å². The van der Waals surface area contributed by atoms with E-state index >= 15 is 0 Å². The predicted molar refractivity (Wildman–Crippen MR) is 46.3 cm³/mol. The first-order valence-corrected chi connectivity index (χ1v) is 5.12. The van der Waals surface area contributed by atoms with Gasteiger partial charge in [-0.1, -0.05) is 6.92 Å². The van der Waals surface area contributed by atoms with Gasteiger partial charge in [-0.25, -0.2) is 0 Å². The highest BCUT2D eigenvalue weighted by atomic mass is 32.2. The van der Waals surface area contributed by atoms with Crippen LogP contribution in [0.5, 0.6) is 0 Å². The summed E-state index contributed by atoms with van der Waals surface area (Å²) in [7, 11) is 0. The second-order valence-corrected chi connectivity index (χ2v) is 5.31. The van der Waals surface area contributed by atoms with E-state index in [9.17, 15) is 0 Å². The van der Waals surface area contributed by atoms with E-state index in [0.717, 1.165) is 5.25 Å². The molecule has 0 amide bonds. The van der Waals surface area contributed by atoms with Gasteiger partial charge in [0.15, 0.2) is 0 Å². The van der Waals surface area contributed by atoms with Crippen molar-refractivity contribution in [1.82, 2.24) is 5.32 Å². The highest BCUT2D eigenvalue weighted by molar-refractivity contribution is 8.01. The maximum absolute atomic E-state index is 3.63. The number of nitrogens with one attached hydrogen (secondary N) is 1. The number of hydrogen-bond donors (Lipinski definition) is 1. The van der Waals surface area contributed by atoms with Gasteiger partial charge in [-0.2, -0.15) is 0 Å². The van der Waals surface area contributed by atoms with E-state index in [-0.39, 0.29) is 0 Å². The summed E-state index contributed by atoms with van der Waals surface area (Å²) in [5.41, 5.74) is 0. The molecule has 0 bridgehead atoms. The summed E-state index contributed by atoms with van der Waals surface area (Å²) >= 11 is 2.16. The van der Waals surface area contributed by atoms with Crippen molar-refractivity contribution in [2.45, 2.75) is 42.7 Å². The first-order chi connectivity index (χ1) is 4.81. The average Bonchev–Trinajstić information content (AvgIpc) is 1.85. The molecule has 2 fully saturated rings. The predicted octanol–water partition coefficient (Wildman–Crippen LogP) is 1.98. The Morgan fingerprint density at radius 3 is 2.70 bits per heavy atom. The van der Waals surface area contributed by atoms with Crippen LogP contribution in [0.1, 0.15) is 32.6 Å². The summed E-state index contributed by atoms with van der Waals surface area (Å²) in [6.07, 6.45) is 5.60. The van der Waals surface area contributed by atoms with Crippen LogP contribution < -0.4 is 5.32 Å². The van der Waals surface area contributed by atoms with Gasteiger partial charge in [-0.05, 0) is 32.2 Å². The Labute approximate surface area is 67.0 Å². The number of rotatable bonds is 0. The van der Waals surface area contributed by atoms with Gasteiger partial charge in [0.2, 0.25) is 0 Å². The zero-order valence-electron chi connectivity index (χ0n) is 6.52. The normalized spacial score (nSPS) is 37.5. The molecule has 0 aromatic carbocycles. The second kappa shape index (κ2) is 2.42. The molecule has 1 N–H and O–H groups in total. The number of thioether (sulfide) groups is 1. The van der Waals surface area contributed by atoms with Crippen LogP contribution in [-0.2, 0) is 0 Å². The van der Waals surface area contributed by atoms with E-state index < -0.39 is 0 Å². The molecule has 1 heterocycles. The van der Waals surface area contributed by atoms with Gasteiger partial charge in [0, 0.05) is 5.25 Å². The molecule has 0 radical (unpaired) electrons. The summed E-state index contributed by atoms with van der Waals surface area (Å²) < 4.78 is 0. The van der Waals surface area contributed by atoms with E-state index in [0.29, 0.717) is 4.87 Å². The third-order valence-electron chi connectivity index (χ3n) is 2.59. The van der Waals surface area contributed by atoms with Crippen molar-refractivity contribution in [2.75, 3.05) is 6.54 Å². The molecule has 2 aliphatic rings. The molecule has 1 saturated heterocycles. The van der Waals surface area contributed by atoms with Crippen molar-refractivity contribution in [3.63, 3.8) is 0 Å². The first kappa shape index (κ1) is 6.99. The lowest BCUT2D eigenvalue weighted by Gasteiger charge is -2.47. The topological polar surface area (TPSA) is 12.0 Å². The fraction of sp³-hybridized carbons (Fsp3) is 1.00. The summed E-state index contributed by atoms with van der Waals surface area (Å²) in [5, 5.41) is 4.52. The molecular weight excluding hydrogens is 142 g/mol. The van der Waals surface area contributed by atoms with Crippen LogP contribution in [0.2, 0.25) is 0 Å². The Balaban J connectivity index is 1.96. The van der Waals surface area contributed by atoms with E-state index in [4.69, 9.17) is 0 Å². The van der Waals surface area contributed by atoms with Crippen LogP contribution in [0, 0.1) is 0 Å². The van der Waals surface area contributed by atoms with Crippen LogP contribution in [0.25, 0.3) is 0 Å². The molecule has 1 atom stereocenters. The molecule has 1 spiro atoms. The van der Waals surface area contributed by atoms with E-state index in [1.807, 2.05) is 0 Å². The molecule has 2 heteroatoms. The van der Waals surface area contributed by atoms with Gasteiger partial charge in [-0.15, -0.1) is 11.8 Å². The van der Waals surface area contributed by atoms with Crippen molar-refractivity contribution in [3.8, 4) is 0 Å². The molecule has 1 aliphatic heterocycles. The van der Waals surface area contributed by atoms with Crippen LogP contribution in [0.3, 0.4) is 0 Å². The Kier molecular flexibility index (Phi) is 1.69. The van der Waals surface area contributed by atoms with Crippen LogP contribution >= 0.6 is 11.8 Å². The quantitative estimate of drug-likeness (QED) is 0.577. The zero-order valence-corrected chi connectivity index (χ0v) is 7.34. The fourth-order valence-corrected chi connectivity index (χ4v) is 3.50. The minimum Gasteiger partial charge on any atom is -0.303 e. The highest BCUT2D eigenvalue weighted by Crippen LogP contribution is 2.46. The van der Waals surface area contributed by atoms with E-state index in [2.05, 4.69) is 24.0 Å². The van der Waals surface area contributed by atoms with Gasteiger partial charge in [-0.3, -0.25) is 0 Å². The van der Waals surface area contributed by atoms with E-state index in [1.165, 1.54) is 32.2 Å². The molecule has 1 nitrogen and oxygen atoms in total. The number of hydrogen-bond acceptors (Lipinski definition) is 2. The van der Waals surface area contributed by atoms with Crippen molar-refractivity contribution >= 4 is 11.8 Å². The molecular formula is C8H15NS. The van der Waals surface area contributed by atoms with Crippen molar-refractivity contribution in [3.05, 3.63) is 0 Å². The third-order valence-corrected chi connectivity index (χ3v) is 4.23. The minimum absolute atomic E-state index is 0.539. The monoisotopic (exact) mass is 157 g/mol. The lowest BCUT2D eigenvalue weighted by Crippen LogP contribution is -2.52. The highest BCUT2D eigenvalue weighted by Gasteiger charge is 2.40. The van der Waals surface area contributed by atoms with Gasteiger partial charge in [0.05, 0.1) is 4.87 Å². The Hall–Kier alpha value is 0.310. The Morgan fingerprint density at radius 1 is 1.50 bits per heavy atom. The molecule has 1 unspecified atom stereocenters. The summed E-state index contributed by atoms with van der Waals surface area (Å²) in [4.78, 5) is 0.539.